The molecule has 1 amide bonds. The number of hydrogen-bond donors (Lipinski definition) is 1. The fourth-order valence-corrected chi connectivity index (χ4v) is 3.61. The van der Waals surface area contributed by atoms with Gasteiger partial charge in [0, 0.05) is 36.8 Å². The van der Waals surface area contributed by atoms with Crippen molar-refractivity contribution in [1.82, 2.24) is 25.2 Å². The van der Waals surface area contributed by atoms with Gasteiger partial charge in [-0.15, -0.1) is 11.3 Å². The van der Waals surface area contributed by atoms with Gasteiger partial charge in [0.1, 0.15) is 0 Å². The van der Waals surface area contributed by atoms with E-state index in [9.17, 15) is 4.79 Å². The second-order valence-electron chi connectivity index (χ2n) is 6.01. The Balaban J connectivity index is 1.63. The van der Waals surface area contributed by atoms with Crippen molar-refractivity contribution in [2.75, 3.05) is 0 Å². The summed E-state index contributed by atoms with van der Waals surface area (Å²) in [6.45, 7) is 0. The third-order valence-corrected chi connectivity index (χ3v) is 4.98. The Labute approximate surface area is 159 Å². The number of rotatable bonds is 6. The van der Waals surface area contributed by atoms with E-state index in [4.69, 9.17) is 4.52 Å². The van der Waals surface area contributed by atoms with Crippen LogP contribution in [0.2, 0.25) is 0 Å². The molecule has 0 aromatic carbocycles. The van der Waals surface area contributed by atoms with Gasteiger partial charge in [0.2, 0.25) is 0 Å². The zero-order chi connectivity index (χ0) is 18.6. The molecule has 8 heteroatoms. The van der Waals surface area contributed by atoms with Crippen molar-refractivity contribution in [3.05, 3.63) is 76.6 Å². The third kappa shape index (κ3) is 3.80. The molecule has 0 fully saturated rings. The second kappa shape index (κ2) is 7.55. The number of amides is 1. The minimum Gasteiger partial charge on any atom is -0.356 e. The smallest absolute Gasteiger partial charge is 0.273 e. The molecule has 1 atom stereocenters. The summed E-state index contributed by atoms with van der Waals surface area (Å²) in [5.41, 5.74) is 1.70. The molecule has 0 saturated heterocycles. The van der Waals surface area contributed by atoms with Crippen LogP contribution in [0, 0.1) is 0 Å². The van der Waals surface area contributed by atoms with E-state index in [1.807, 2.05) is 35.7 Å². The zero-order valence-corrected chi connectivity index (χ0v) is 15.4. The maximum atomic E-state index is 13.0. The van der Waals surface area contributed by atoms with E-state index in [2.05, 4.69) is 20.6 Å². The summed E-state index contributed by atoms with van der Waals surface area (Å²) in [6.07, 6.45) is 5.66. The van der Waals surface area contributed by atoms with Gasteiger partial charge in [0.25, 0.3) is 5.91 Å². The fraction of sp³-hybridized carbons (Fsp3) is 0.158. The highest BCUT2D eigenvalue weighted by Crippen LogP contribution is 2.24. The minimum absolute atomic E-state index is 0.262. The zero-order valence-electron chi connectivity index (χ0n) is 14.6. The number of aromatic nitrogens is 4. The number of carbonyl (C=O) groups is 1. The fourth-order valence-electron chi connectivity index (χ4n) is 2.86. The summed E-state index contributed by atoms with van der Waals surface area (Å²) in [5.74, 6) is 0.218. The van der Waals surface area contributed by atoms with E-state index in [0.29, 0.717) is 23.4 Å². The van der Waals surface area contributed by atoms with Gasteiger partial charge in [-0.2, -0.15) is 5.10 Å². The highest BCUT2D eigenvalue weighted by atomic mass is 32.1. The van der Waals surface area contributed by atoms with Gasteiger partial charge >= 0.3 is 0 Å². The molecule has 7 nitrogen and oxygen atoms in total. The van der Waals surface area contributed by atoms with Crippen LogP contribution < -0.4 is 5.32 Å². The number of carbonyl (C=O) groups excluding carboxylic acids is 1. The van der Waals surface area contributed by atoms with Crippen LogP contribution in [0.4, 0.5) is 0 Å². The second-order valence-corrected chi connectivity index (χ2v) is 7.04. The molecule has 4 aromatic rings. The predicted molar refractivity (Wildman–Crippen MR) is 101 cm³/mol. The van der Waals surface area contributed by atoms with Crippen molar-refractivity contribution < 1.29 is 9.32 Å². The normalized spacial score (nSPS) is 12.0. The van der Waals surface area contributed by atoms with Crippen LogP contribution in [0.3, 0.4) is 0 Å². The Morgan fingerprint density at radius 2 is 2.19 bits per heavy atom. The summed E-state index contributed by atoms with van der Waals surface area (Å²) < 4.78 is 6.79. The molecule has 1 N–H and O–H groups in total. The van der Waals surface area contributed by atoms with Gasteiger partial charge in [-0.05, 0) is 23.6 Å². The van der Waals surface area contributed by atoms with Gasteiger partial charge in [-0.25, -0.2) is 0 Å². The standard InChI is InChI=1S/C19H17N5O2S/c1-24-12-14(17-7-9-21-26-17)18(23-24)19(25)22-16(11-13-5-4-10-27-13)15-6-2-3-8-20-15/h2-10,12,16H,11H2,1H3,(H,22,25). The highest BCUT2D eigenvalue weighted by Gasteiger charge is 2.24. The van der Waals surface area contributed by atoms with Crippen LogP contribution in [0.25, 0.3) is 11.3 Å². The largest absolute Gasteiger partial charge is 0.356 e. The van der Waals surface area contributed by atoms with E-state index in [0.717, 1.165) is 5.69 Å². The lowest BCUT2D eigenvalue weighted by Crippen LogP contribution is -2.31. The minimum atomic E-state index is -0.283. The summed E-state index contributed by atoms with van der Waals surface area (Å²) >= 11 is 1.65. The Hall–Kier alpha value is -3.26. The molecule has 0 aliphatic carbocycles. The average Bonchev–Trinajstić information content (AvgIpc) is 3.43. The summed E-state index contributed by atoms with van der Waals surface area (Å²) in [6, 6.07) is 11.2. The Morgan fingerprint density at radius 1 is 1.26 bits per heavy atom. The lowest BCUT2D eigenvalue weighted by atomic mass is 10.1. The first-order chi connectivity index (χ1) is 13.2. The first-order valence-electron chi connectivity index (χ1n) is 8.39. The van der Waals surface area contributed by atoms with Gasteiger partial charge < -0.3 is 9.84 Å². The summed E-state index contributed by atoms with van der Waals surface area (Å²) in [4.78, 5) is 18.6. The molecule has 0 aliphatic rings. The molecule has 0 radical (unpaired) electrons. The van der Waals surface area contributed by atoms with Gasteiger partial charge in [0.15, 0.2) is 11.5 Å². The Kier molecular flexibility index (Phi) is 4.80. The van der Waals surface area contributed by atoms with E-state index in [1.165, 1.54) is 11.1 Å². The monoisotopic (exact) mass is 379 g/mol. The molecule has 1 unspecified atom stereocenters. The van der Waals surface area contributed by atoms with E-state index in [-0.39, 0.29) is 11.9 Å². The van der Waals surface area contributed by atoms with Gasteiger partial charge in [0.05, 0.1) is 23.5 Å². The van der Waals surface area contributed by atoms with Crippen molar-refractivity contribution in [1.29, 1.82) is 0 Å². The average molecular weight is 379 g/mol. The summed E-state index contributed by atoms with van der Waals surface area (Å²) in [7, 11) is 1.76. The molecular formula is C19H17N5O2S. The predicted octanol–water partition coefficient (Wildman–Crippen LogP) is 3.25. The maximum Gasteiger partial charge on any atom is 0.273 e. The lowest BCUT2D eigenvalue weighted by Gasteiger charge is -2.17. The molecular weight excluding hydrogens is 362 g/mol. The molecule has 0 aliphatic heterocycles. The Morgan fingerprint density at radius 3 is 2.89 bits per heavy atom. The molecule has 4 aromatic heterocycles. The number of aryl methyl sites for hydroxylation is 1. The van der Waals surface area contributed by atoms with Crippen LogP contribution >= 0.6 is 11.3 Å². The van der Waals surface area contributed by atoms with Gasteiger partial charge in [-0.3, -0.25) is 14.5 Å². The topological polar surface area (TPSA) is 85.8 Å². The van der Waals surface area contributed by atoms with Crippen molar-refractivity contribution in [2.24, 2.45) is 7.05 Å². The van der Waals surface area contributed by atoms with Crippen molar-refractivity contribution in [2.45, 2.75) is 12.5 Å². The molecule has 4 heterocycles. The highest BCUT2D eigenvalue weighted by molar-refractivity contribution is 7.09. The van der Waals surface area contributed by atoms with Crippen LogP contribution in [0.15, 0.2) is 64.9 Å². The number of hydrogen-bond acceptors (Lipinski definition) is 6. The SMILES string of the molecule is Cn1cc(-c2ccno2)c(C(=O)NC(Cc2cccs2)c2ccccn2)n1. The van der Waals surface area contributed by atoms with Crippen molar-refractivity contribution in [3.63, 3.8) is 0 Å². The number of pyridine rings is 1. The van der Waals surface area contributed by atoms with Crippen LogP contribution in [0.5, 0.6) is 0 Å². The van der Waals surface area contributed by atoms with Crippen molar-refractivity contribution in [3.8, 4) is 11.3 Å². The first-order valence-corrected chi connectivity index (χ1v) is 9.27. The van der Waals surface area contributed by atoms with Crippen LogP contribution in [0.1, 0.15) is 27.1 Å². The molecule has 4 rings (SSSR count). The third-order valence-electron chi connectivity index (χ3n) is 4.08. The quantitative estimate of drug-likeness (QED) is 0.556. The van der Waals surface area contributed by atoms with Crippen molar-refractivity contribution >= 4 is 17.2 Å². The number of nitrogens with zero attached hydrogens (tertiary/aromatic N) is 4. The van der Waals surface area contributed by atoms with E-state index in [1.54, 1.807) is 41.5 Å². The first kappa shape index (κ1) is 17.2. The molecule has 27 heavy (non-hydrogen) atoms. The molecule has 0 bridgehead atoms. The van der Waals surface area contributed by atoms with Crippen LogP contribution in [-0.4, -0.2) is 25.8 Å². The van der Waals surface area contributed by atoms with E-state index >= 15 is 0 Å². The lowest BCUT2D eigenvalue weighted by molar-refractivity contribution is 0.0930. The molecule has 0 spiro atoms. The summed E-state index contributed by atoms with van der Waals surface area (Å²) in [5, 5.41) is 13.1. The Bertz CT molecular complexity index is 1010. The molecule has 136 valence electrons. The van der Waals surface area contributed by atoms with E-state index < -0.39 is 0 Å². The maximum absolute atomic E-state index is 13.0. The van der Waals surface area contributed by atoms with Crippen LogP contribution in [-0.2, 0) is 13.5 Å². The molecule has 0 saturated carbocycles. The van der Waals surface area contributed by atoms with Gasteiger partial charge in [-0.1, -0.05) is 17.3 Å². The number of nitrogens with one attached hydrogen (secondary N) is 1. The number of thiophene rings is 1.